The third-order valence-corrected chi connectivity index (χ3v) is 3.99. The molecule has 2 rings (SSSR count). The molecule has 0 aromatic carbocycles. The van der Waals surface area contributed by atoms with Crippen LogP contribution in [0.4, 0.5) is 0 Å². The molecule has 0 bridgehead atoms. The van der Waals surface area contributed by atoms with Crippen molar-refractivity contribution in [2.45, 2.75) is 40.2 Å². The summed E-state index contributed by atoms with van der Waals surface area (Å²) < 4.78 is 10.6. The molecule has 0 atom stereocenters. The molecule has 1 N–H and O–H groups in total. The number of nitrogens with zero attached hydrogens (tertiary/aromatic N) is 2. The maximum Gasteiger partial charge on any atom is 0.349 e. The molecule has 7 heteroatoms. The number of hydrogen-bond acceptors (Lipinski definition) is 6. The first-order chi connectivity index (χ1) is 9.99. The van der Waals surface area contributed by atoms with Crippen molar-refractivity contribution in [3.63, 3.8) is 0 Å². The standard InChI is InChI=1S/C14H18N2O4S/c1-4-9-6-10(13(21-9)14(17)18)19-7-11-15-12(20-16-11)5-8(2)3/h6,8H,4-5,7H2,1-3H3,(H,17,18). The van der Waals surface area contributed by atoms with E-state index in [0.29, 0.717) is 29.8 Å². The van der Waals surface area contributed by atoms with Crippen LogP contribution < -0.4 is 4.74 Å². The van der Waals surface area contributed by atoms with Crippen molar-refractivity contribution in [1.29, 1.82) is 0 Å². The van der Waals surface area contributed by atoms with Crippen molar-refractivity contribution in [2.24, 2.45) is 5.92 Å². The van der Waals surface area contributed by atoms with Gasteiger partial charge in [-0.05, 0) is 18.4 Å². The van der Waals surface area contributed by atoms with Crippen LogP contribution in [0.5, 0.6) is 5.75 Å². The Morgan fingerprint density at radius 3 is 2.90 bits per heavy atom. The van der Waals surface area contributed by atoms with Crippen molar-refractivity contribution >= 4 is 17.3 Å². The molecular formula is C14H18N2O4S. The summed E-state index contributed by atoms with van der Waals surface area (Å²) >= 11 is 1.23. The van der Waals surface area contributed by atoms with Gasteiger partial charge >= 0.3 is 5.97 Å². The van der Waals surface area contributed by atoms with Crippen LogP contribution in [-0.4, -0.2) is 21.2 Å². The van der Waals surface area contributed by atoms with Crippen molar-refractivity contribution in [1.82, 2.24) is 10.1 Å². The van der Waals surface area contributed by atoms with E-state index in [4.69, 9.17) is 14.4 Å². The lowest BCUT2D eigenvalue weighted by atomic mass is 10.1. The van der Waals surface area contributed by atoms with Crippen molar-refractivity contribution < 1.29 is 19.2 Å². The minimum absolute atomic E-state index is 0.0990. The maximum atomic E-state index is 11.2. The molecule has 2 heterocycles. The van der Waals surface area contributed by atoms with E-state index < -0.39 is 5.97 Å². The Bertz CT molecular complexity index is 618. The predicted octanol–water partition coefficient (Wildman–Crippen LogP) is 3.17. The fraction of sp³-hybridized carbons (Fsp3) is 0.500. The number of carbonyl (C=O) groups is 1. The van der Waals surface area contributed by atoms with E-state index in [0.717, 1.165) is 11.3 Å². The average Bonchev–Trinajstić information content (AvgIpc) is 3.01. The van der Waals surface area contributed by atoms with Gasteiger partial charge in [0.1, 0.15) is 5.75 Å². The number of rotatable bonds is 7. The van der Waals surface area contributed by atoms with Gasteiger partial charge in [-0.2, -0.15) is 4.98 Å². The molecule has 0 saturated carbocycles. The van der Waals surface area contributed by atoms with Gasteiger partial charge in [-0.15, -0.1) is 11.3 Å². The molecule has 0 aliphatic carbocycles. The lowest BCUT2D eigenvalue weighted by Crippen LogP contribution is -2.02. The van der Waals surface area contributed by atoms with Gasteiger partial charge in [-0.25, -0.2) is 4.79 Å². The number of carboxylic acid groups (broad SMARTS) is 1. The molecule has 2 aromatic rings. The highest BCUT2D eigenvalue weighted by molar-refractivity contribution is 7.14. The molecule has 114 valence electrons. The molecule has 0 aliphatic rings. The Labute approximate surface area is 126 Å². The van der Waals surface area contributed by atoms with Crippen molar-refractivity contribution in [3.05, 3.63) is 27.5 Å². The summed E-state index contributed by atoms with van der Waals surface area (Å²) in [4.78, 5) is 16.6. The average molecular weight is 310 g/mol. The van der Waals surface area contributed by atoms with Gasteiger partial charge < -0.3 is 14.4 Å². The van der Waals surface area contributed by atoms with Crippen LogP contribution in [0, 0.1) is 5.92 Å². The van der Waals surface area contributed by atoms with Gasteiger partial charge in [0.05, 0.1) is 0 Å². The Morgan fingerprint density at radius 1 is 1.52 bits per heavy atom. The summed E-state index contributed by atoms with van der Waals surface area (Å²) in [5.74, 6) is 0.803. The first-order valence-electron chi connectivity index (χ1n) is 6.79. The molecule has 2 aromatic heterocycles. The fourth-order valence-corrected chi connectivity index (χ4v) is 2.65. The Hall–Kier alpha value is -1.89. The zero-order valence-corrected chi connectivity index (χ0v) is 13.1. The van der Waals surface area contributed by atoms with Crippen molar-refractivity contribution in [3.8, 4) is 5.75 Å². The zero-order valence-electron chi connectivity index (χ0n) is 12.3. The number of thiophene rings is 1. The summed E-state index contributed by atoms with van der Waals surface area (Å²) in [5, 5.41) is 13.0. The second-order valence-corrected chi connectivity index (χ2v) is 6.19. The van der Waals surface area contributed by atoms with E-state index in [2.05, 4.69) is 24.0 Å². The van der Waals surface area contributed by atoms with E-state index in [1.54, 1.807) is 6.07 Å². The molecule has 21 heavy (non-hydrogen) atoms. The number of aryl methyl sites for hydroxylation is 1. The topological polar surface area (TPSA) is 85.5 Å². The van der Waals surface area contributed by atoms with E-state index in [-0.39, 0.29) is 11.5 Å². The Balaban J connectivity index is 2.04. The van der Waals surface area contributed by atoms with Crippen LogP contribution in [0.3, 0.4) is 0 Å². The second kappa shape index (κ2) is 6.71. The molecule has 0 aliphatic heterocycles. The van der Waals surface area contributed by atoms with Crippen LogP contribution in [0.25, 0.3) is 0 Å². The highest BCUT2D eigenvalue weighted by atomic mass is 32.1. The SMILES string of the molecule is CCc1cc(OCc2noc(CC(C)C)n2)c(C(=O)O)s1. The van der Waals surface area contributed by atoms with Crippen molar-refractivity contribution in [2.75, 3.05) is 0 Å². The Kier molecular flexibility index (Phi) is 4.95. The molecule has 0 saturated heterocycles. The van der Waals surface area contributed by atoms with E-state index in [1.807, 2.05) is 6.92 Å². The van der Waals surface area contributed by atoms with Gasteiger partial charge in [-0.1, -0.05) is 25.9 Å². The zero-order chi connectivity index (χ0) is 15.4. The second-order valence-electron chi connectivity index (χ2n) is 5.06. The largest absolute Gasteiger partial charge is 0.484 e. The molecule has 0 unspecified atom stereocenters. The highest BCUT2D eigenvalue weighted by Crippen LogP contribution is 2.30. The summed E-state index contributed by atoms with van der Waals surface area (Å²) in [7, 11) is 0. The molecular weight excluding hydrogens is 292 g/mol. The minimum atomic E-state index is -0.983. The number of aromatic carboxylic acids is 1. The quantitative estimate of drug-likeness (QED) is 0.845. The number of hydrogen-bond donors (Lipinski definition) is 1. The highest BCUT2D eigenvalue weighted by Gasteiger charge is 2.17. The normalized spacial score (nSPS) is 11.0. The van der Waals surface area contributed by atoms with Crippen LogP contribution in [0.1, 0.15) is 47.0 Å². The van der Waals surface area contributed by atoms with Crippen LogP contribution in [0.15, 0.2) is 10.6 Å². The summed E-state index contributed by atoms with van der Waals surface area (Å²) in [6, 6.07) is 1.75. The van der Waals surface area contributed by atoms with Gasteiger partial charge in [0, 0.05) is 11.3 Å². The van der Waals surface area contributed by atoms with Crippen LogP contribution >= 0.6 is 11.3 Å². The molecule has 0 spiro atoms. The minimum Gasteiger partial charge on any atom is -0.484 e. The third kappa shape index (κ3) is 4.04. The first-order valence-corrected chi connectivity index (χ1v) is 7.61. The monoisotopic (exact) mass is 310 g/mol. The van der Waals surface area contributed by atoms with Gasteiger partial charge in [0.25, 0.3) is 0 Å². The van der Waals surface area contributed by atoms with E-state index in [9.17, 15) is 4.79 Å². The summed E-state index contributed by atoms with van der Waals surface area (Å²) in [6.07, 6.45) is 1.49. The fourth-order valence-electron chi connectivity index (χ4n) is 1.78. The third-order valence-electron chi connectivity index (χ3n) is 2.74. The van der Waals surface area contributed by atoms with Gasteiger partial charge in [-0.3, -0.25) is 0 Å². The summed E-state index contributed by atoms with van der Waals surface area (Å²) in [5.41, 5.74) is 0. The first kappa shape index (κ1) is 15.5. The maximum absolute atomic E-state index is 11.2. The lowest BCUT2D eigenvalue weighted by Gasteiger charge is -2.01. The number of carboxylic acids is 1. The predicted molar refractivity (Wildman–Crippen MR) is 77.8 cm³/mol. The number of ether oxygens (including phenoxy) is 1. The van der Waals surface area contributed by atoms with E-state index >= 15 is 0 Å². The van der Waals surface area contributed by atoms with Gasteiger partial charge in [0.2, 0.25) is 11.7 Å². The van der Waals surface area contributed by atoms with Crippen LogP contribution in [-0.2, 0) is 19.4 Å². The van der Waals surface area contributed by atoms with E-state index in [1.165, 1.54) is 11.3 Å². The Morgan fingerprint density at radius 2 is 2.29 bits per heavy atom. The molecule has 0 fully saturated rings. The molecule has 0 amide bonds. The smallest absolute Gasteiger partial charge is 0.349 e. The summed E-state index contributed by atoms with van der Waals surface area (Å²) in [6.45, 7) is 6.20. The van der Waals surface area contributed by atoms with Gasteiger partial charge in [0.15, 0.2) is 11.5 Å². The molecule has 6 nitrogen and oxygen atoms in total. The lowest BCUT2D eigenvalue weighted by molar-refractivity contribution is 0.0697. The molecule has 0 radical (unpaired) electrons. The van der Waals surface area contributed by atoms with Crippen LogP contribution in [0.2, 0.25) is 0 Å². The number of aromatic nitrogens is 2.